The molecule has 0 fully saturated rings. The predicted molar refractivity (Wildman–Crippen MR) is 369 cm³/mol. The third kappa shape index (κ3) is 65.0. The fraction of sp³-hybridized carbons (Fsp3) is 0.733. The largest absolute Gasteiger partial charge is 0.472 e. The minimum absolute atomic E-state index is 0.0324. The smallest absolute Gasteiger partial charge is 0.456 e. The van der Waals surface area contributed by atoms with Gasteiger partial charge in [-0.25, -0.2) is 4.57 Å². The van der Waals surface area contributed by atoms with Crippen LogP contribution in [0, 0.1) is 0 Å². The molecule has 10 heteroatoms. The number of hydrogen-bond acceptors (Lipinski definition) is 6. The van der Waals surface area contributed by atoms with E-state index in [1.165, 1.54) is 154 Å². The van der Waals surface area contributed by atoms with Crippen molar-refractivity contribution < 1.29 is 37.3 Å². The Labute approximate surface area is 525 Å². The number of likely N-dealkylation sites (N-methyl/N-ethyl adjacent to an activating group) is 1. The van der Waals surface area contributed by atoms with Crippen LogP contribution in [0.3, 0.4) is 0 Å². The molecule has 85 heavy (non-hydrogen) atoms. The molecule has 1 amide bonds. The summed E-state index contributed by atoms with van der Waals surface area (Å²) in [6.07, 6.45) is 88.0. The summed E-state index contributed by atoms with van der Waals surface area (Å²) in [4.78, 5) is 37.9. The van der Waals surface area contributed by atoms with Crippen molar-refractivity contribution in [3.8, 4) is 0 Å². The molecule has 0 rings (SSSR count). The summed E-state index contributed by atoms with van der Waals surface area (Å²) in [7, 11) is 1.48. The van der Waals surface area contributed by atoms with E-state index in [9.17, 15) is 19.0 Å². The molecule has 0 aliphatic rings. The average Bonchev–Trinajstić information content (AvgIpc) is 3.52. The number of phosphoric acid groups is 1. The lowest BCUT2D eigenvalue weighted by atomic mass is 10.0. The normalized spacial score (nSPS) is 14.2. The van der Waals surface area contributed by atoms with Crippen molar-refractivity contribution in [3.05, 3.63) is 109 Å². The molecular formula is C75H134N2O7P+. The molecule has 0 aliphatic carbocycles. The molecule has 0 aromatic carbocycles. The third-order valence-electron chi connectivity index (χ3n) is 15.2. The van der Waals surface area contributed by atoms with E-state index in [0.29, 0.717) is 17.4 Å². The standard InChI is InChI=1S/C75H133N2O7P/c1-7-10-13-16-19-22-25-28-30-32-34-36-38-40-42-44-46-49-52-55-58-61-64-67-74(78)76-72(71-83-85(80,81)82-70-69-77(4,5)6)73(66-63-60-57-54-51-48-27-24-21-18-15-12-9-3)84-75(79)68-65-62-59-56-53-50-47-45-43-41-39-37-35-33-31-29-26-23-20-17-14-11-8-2/h10,13,19-20,22-23,28-31,34-37,40,42,63,66,72-73H,7-9,11-12,14-18,21,24-27,32-33,38-39,41,43-62,64-65,67-71H2,1-6H3,(H-,76,78,80,81)/p+1/b13-10-,22-19-,23-20-,30-28-,31-29-,36-34-,37-35-,42-40-,66-63+. The molecule has 9 nitrogen and oxygen atoms in total. The van der Waals surface area contributed by atoms with Gasteiger partial charge >= 0.3 is 13.8 Å². The molecule has 0 aliphatic heterocycles. The maximum Gasteiger partial charge on any atom is 0.472 e. The molecule has 0 heterocycles. The zero-order chi connectivity index (χ0) is 62.1. The fourth-order valence-electron chi connectivity index (χ4n) is 9.80. The Balaban J connectivity index is 5.17. The Hall–Kier alpha value is -3.33. The highest BCUT2D eigenvalue weighted by Gasteiger charge is 2.30. The first-order valence-electron chi connectivity index (χ1n) is 35.2. The number of nitrogens with zero attached hydrogens (tertiary/aromatic N) is 1. The highest BCUT2D eigenvalue weighted by molar-refractivity contribution is 7.47. The van der Waals surface area contributed by atoms with Crippen LogP contribution in [0.2, 0.25) is 0 Å². The first kappa shape index (κ1) is 81.7. The van der Waals surface area contributed by atoms with Gasteiger partial charge in [-0.3, -0.25) is 18.6 Å². The van der Waals surface area contributed by atoms with Crippen LogP contribution in [0.25, 0.3) is 0 Å². The van der Waals surface area contributed by atoms with Gasteiger partial charge in [-0.2, -0.15) is 0 Å². The Morgan fingerprint density at radius 2 is 0.753 bits per heavy atom. The molecule has 490 valence electrons. The number of amides is 1. The number of rotatable bonds is 63. The third-order valence-corrected chi connectivity index (χ3v) is 16.2. The van der Waals surface area contributed by atoms with Gasteiger partial charge in [0.1, 0.15) is 19.3 Å². The number of allylic oxidation sites excluding steroid dienone is 17. The number of quaternary nitrogens is 1. The Kier molecular flexibility index (Phi) is 61.2. The van der Waals surface area contributed by atoms with Gasteiger partial charge in [-0.05, 0) is 115 Å². The highest BCUT2D eigenvalue weighted by atomic mass is 31.2. The number of carbonyl (C=O) groups excluding carboxylic acids is 2. The molecule has 0 aromatic rings. The van der Waals surface area contributed by atoms with Crippen molar-refractivity contribution in [2.75, 3.05) is 40.9 Å². The van der Waals surface area contributed by atoms with Gasteiger partial charge in [0.2, 0.25) is 5.91 Å². The quantitative estimate of drug-likeness (QED) is 0.0205. The monoisotopic (exact) mass is 1210 g/mol. The summed E-state index contributed by atoms with van der Waals surface area (Å²) in [5.41, 5.74) is 0. The van der Waals surface area contributed by atoms with Crippen LogP contribution in [-0.4, -0.2) is 74.3 Å². The van der Waals surface area contributed by atoms with Crippen LogP contribution < -0.4 is 5.32 Å². The fourth-order valence-corrected chi connectivity index (χ4v) is 10.5. The number of nitrogens with one attached hydrogen (secondary N) is 1. The van der Waals surface area contributed by atoms with Gasteiger partial charge in [0.25, 0.3) is 0 Å². The first-order valence-corrected chi connectivity index (χ1v) is 36.7. The van der Waals surface area contributed by atoms with E-state index in [-0.39, 0.29) is 31.5 Å². The molecule has 2 N–H and O–H groups in total. The van der Waals surface area contributed by atoms with Crippen LogP contribution in [-0.2, 0) is 27.9 Å². The lowest BCUT2D eigenvalue weighted by Crippen LogP contribution is -2.47. The Morgan fingerprint density at radius 3 is 1.15 bits per heavy atom. The van der Waals surface area contributed by atoms with Crippen molar-refractivity contribution >= 4 is 19.7 Å². The second-order valence-corrected chi connectivity index (χ2v) is 26.1. The highest BCUT2D eigenvalue weighted by Crippen LogP contribution is 2.43. The molecule has 0 saturated heterocycles. The molecular weight excluding hydrogens is 1070 g/mol. The van der Waals surface area contributed by atoms with Gasteiger partial charge in [0.05, 0.1) is 33.8 Å². The molecule has 0 saturated carbocycles. The topological polar surface area (TPSA) is 111 Å². The summed E-state index contributed by atoms with van der Waals surface area (Å²) in [5, 5.41) is 3.06. The van der Waals surface area contributed by atoms with Crippen LogP contribution in [0.4, 0.5) is 0 Å². The number of hydrogen-bond donors (Lipinski definition) is 2. The van der Waals surface area contributed by atoms with Gasteiger partial charge in [0, 0.05) is 12.8 Å². The van der Waals surface area contributed by atoms with Gasteiger partial charge in [-0.15, -0.1) is 0 Å². The van der Waals surface area contributed by atoms with Gasteiger partial charge in [-0.1, -0.05) is 285 Å². The maximum absolute atomic E-state index is 13.6. The SMILES string of the molecule is CC/C=C\C/C=C\C/C=C\C/C=C\C/C=C\CCCCCCCCCC(=O)NC(COP(=O)(O)OCC[N+](C)(C)C)C(/C=C/CCCCCCCCCCCCC)OC(=O)CCCCCCCCCCCC/C=C\C/C=C\C/C=C\CCCCC. The Bertz CT molecular complexity index is 1820. The number of esters is 1. The minimum atomic E-state index is -4.47. The van der Waals surface area contributed by atoms with E-state index in [1.54, 1.807) is 0 Å². The van der Waals surface area contributed by atoms with Gasteiger partial charge in [0.15, 0.2) is 0 Å². The molecule has 0 bridgehead atoms. The van der Waals surface area contributed by atoms with E-state index < -0.39 is 20.0 Å². The van der Waals surface area contributed by atoms with Crippen molar-refractivity contribution in [1.29, 1.82) is 0 Å². The van der Waals surface area contributed by atoms with Crippen molar-refractivity contribution in [2.24, 2.45) is 0 Å². The van der Waals surface area contributed by atoms with Gasteiger partial charge < -0.3 is 19.4 Å². The lowest BCUT2D eigenvalue weighted by Gasteiger charge is -2.27. The van der Waals surface area contributed by atoms with E-state index in [0.717, 1.165) is 116 Å². The van der Waals surface area contributed by atoms with Crippen LogP contribution in [0.15, 0.2) is 109 Å². The number of carbonyl (C=O) groups is 2. The molecule has 3 atom stereocenters. The van der Waals surface area contributed by atoms with Crippen LogP contribution in [0.1, 0.15) is 303 Å². The summed E-state index contributed by atoms with van der Waals surface area (Å²) in [6, 6.07) is -0.864. The van der Waals surface area contributed by atoms with E-state index in [2.05, 4.69) is 123 Å². The summed E-state index contributed by atoms with van der Waals surface area (Å²) in [6.45, 7) is 6.88. The number of phosphoric ester groups is 1. The maximum atomic E-state index is 13.6. The summed E-state index contributed by atoms with van der Waals surface area (Å²) < 4.78 is 30.8. The second kappa shape index (κ2) is 63.7. The second-order valence-electron chi connectivity index (χ2n) is 24.7. The number of unbranched alkanes of at least 4 members (excludes halogenated alkanes) is 31. The minimum Gasteiger partial charge on any atom is -0.456 e. The number of ether oxygens (including phenoxy) is 1. The van der Waals surface area contributed by atoms with Crippen LogP contribution in [0.5, 0.6) is 0 Å². The van der Waals surface area contributed by atoms with Crippen molar-refractivity contribution in [2.45, 2.75) is 315 Å². The zero-order valence-electron chi connectivity index (χ0n) is 56.1. The first-order chi connectivity index (χ1) is 41.4. The zero-order valence-corrected chi connectivity index (χ0v) is 57.0. The predicted octanol–water partition coefficient (Wildman–Crippen LogP) is 22.5. The summed E-state index contributed by atoms with van der Waals surface area (Å²) in [5.74, 6) is -0.521. The van der Waals surface area contributed by atoms with Crippen molar-refractivity contribution in [3.63, 3.8) is 0 Å². The summed E-state index contributed by atoms with van der Waals surface area (Å²) >= 11 is 0. The molecule has 3 unspecified atom stereocenters. The van der Waals surface area contributed by atoms with Crippen molar-refractivity contribution in [1.82, 2.24) is 5.32 Å². The van der Waals surface area contributed by atoms with E-state index in [4.69, 9.17) is 13.8 Å². The lowest BCUT2D eigenvalue weighted by molar-refractivity contribution is -0.870. The van der Waals surface area contributed by atoms with Crippen LogP contribution >= 0.6 is 7.82 Å². The van der Waals surface area contributed by atoms with E-state index >= 15 is 0 Å². The molecule has 0 spiro atoms. The average molecular weight is 1210 g/mol. The molecule has 0 aromatic heterocycles. The Morgan fingerprint density at radius 1 is 0.424 bits per heavy atom. The molecule has 0 radical (unpaired) electrons. The van der Waals surface area contributed by atoms with E-state index in [1.807, 2.05) is 33.3 Å².